The summed E-state index contributed by atoms with van der Waals surface area (Å²) in [6.45, 7) is 1.33. The SMILES string of the molecule is CC(=O)N(CC(=O)NCCc1ccc(Cl)cc1)c1ccc(C(F)(F)F)cc1. The number of alkyl halides is 3. The summed E-state index contributed by atoms with van der Waals surface area (Å²) in [7, 11) is 0. The average Bonchev–Trinajstić information content (AvgIpc) is 2.60. The molecule has 2 aromatic rings. The summed E-state index contributed by atoms with van der Waals surface area (Å²) in [5.74, 6) is -0.846. The van der Waals surface area contributed by atoms with Crippen molar-refractivity contribution in [1.29, 1.82) is 0 Å². The summed E-state index contributed by atoms with van der Waals surface area (Å²) in [4.78, 5) is 25.0. The van der Waals surface area contributed by atoms with E-state index in [1.54, 1.807) is 12.1 Å². The van der Waals surface area contributed by atoms with Gasteiger partial charge in [-0.15, -0.1) is 0 Å². The minimum atomic E-state index is -4.46. The fourth-order valence-corrected chi connectivity index (χ4v) is 2.54. The summed E-state index contributed by atoms with van der Waals surface area (Å²) in [5.41, 5.74) is 0.399. The lowest BCUT2D eigenvalue weighted by atomic mass is 10.1. The Morgan fingerprint density at radius 3 is 2.15 bits per heavy atom. The molecule has 0 heterocycles. The summed E-state index contributed by atoms with van der Waals surface area (Å²) in [5, 5.41) is 3.31. The van der Waals surface area contributed by atoms with Gasteiger partial charge in [0, 0.05) is 24.2 Å². The van der Waals surface area contributed by atoms with E-state index in [9.17, 15) is 22.8 Å². The van der Waals surface area contributed by atoms with E-state index in [4.69, 9.17) is 11.6 Å². The van der Waals surface area contributed by atoms with Crippen molar-refractivity contribution in [1.82, 2.24) is 5.32 Å². The molecule has 2 amide bonds. The molecule has 0 aliphatic heterocycles. The number of carbonyl (C=O) groups excluding carboxylic acids is 2. The Labute approximate surface area is 159 Å². The van der Waals surface area contributed by atoms with Crippen LogP contribution in [-0.4, -0.2) is 24.9 Å². The molecule has 27 heavy (non-hydrogen) atoms. The predicted octanol–water partition coefficient (Wildman–Crippen LogP) is 4.07. The normalized spacial score (nSPS) is 11.1. The Bertz CT molecular complexity index is 790. The third-order valence-corrected chi connectivity index (χ3v) is 4.09. The maximum atomic E-state index is 12.6. The van der Waals surface area contributed by atoms with Crippen molar-refractivity contribution in [2.75, 3.05) is 18.0 Å². The van der Waals surface area contributed by atoms with Crippen LogP contribution in [0.1, 0.15) is 18.1 Å². The Balaban J connectivity index is 1.93. The fourth-order valence-electron chi connectivity index (χ4n) is 2.41. The zero-order chi connectivity index (χ0) is 20.0. The molecular formula is C19H18ClF3N2O2. The molecule has 0 unspecified atom stereocenters. The molecule has 0 aliphatic rings. The van der Waals surface area contributed by atoms with E-state index in [2.05, 4.69) is 5.32 Å². The van der Waals surface area contributed by atoms with Crippen molar-refractivity contribution in [3.8, 4) is 0 Å². The minimum absolute atomic E-state index is 0.225. The lowest BCUT2D eigenvalue weighted by molar-refractivity contribution is -0.137. The van der Waals surface area contributed by atoms with Crippen molar-refractivity contribution >= 4 is 29.1 Å². The highest BCUT2D eigenvalue weighted by molar-refractivity contribution is 6.30. The first-order valence-electron chi connectivity index (χ1n) is 8.13. The molecule has 1 N–H and O–H groups in total. The van der Waals surface area contributed by atoms with E-state index >= 15 is 0 Å². The second kappa shape index (κ2) is 8.90. The van der Waals surface area contributed by atoms with Crippen LogP contribution < -0.4 is 10.2 Å². The first kappa shape index (κ1) is 20.8. The van der Waals surface area contributed by atoms with Gasteiger partial charge in [-0.3, -0.25) is 9.59 Å². The molecule has 0 radical (unpaired) electrons. The van der Waals surface area contributed by atoms with E-state index < -0.39 is 23.6 Å². The number of nitrogens with one attached hydrogen (secondary N) is 1. The number of nitrogens with zero attached hydrogens (tertiary/aromatic N) is 1. The van der Waals surface area contributed by atoms with Gasteiger partial charge in [-0.05, 0) is 48.4 Å². The minimum Gasteiger partial charge on any atom is -0.354 e. The van der Waals surface area contributed by atoms with Gasteiger partial charge in [0.05, 0.1) is 5.56 Å². The number of anilines is 1. The largest absolute Gasteiger partial charge is 0.416 e. The Morgan fingerprint density at radius 2 is 1.63 bits per heavy atom. The number of benzene rings is 2. The third-order valence-electron chi connectivity index (χ3n) is 3.84. The number of hydrogen-bond acceptors (Lipinski definition) is 2. The molecule has 0 saturated carbocycles. The molecule has 2 aromatic carbocycles. The maximum absolute atomic E-state index is 12.6. The standard InChI is InChI=1S/C19H18ClF3N2O2/c1-13(26)25(17-8-4-15(5-9-17)19(21,22)23)12-18(27)24-11-10-14-2-6-16(20)7-3-14/h2-9H,10-12H2,1H3,(H,24,27). The second-order valence-electron chi connectivity index (χ2n) is 5.88. The van der Waals surface area contributed by atoms with Crippen LogP contribution in [0.2, 0.25) is 5.02 Å². The molecule has 0 saturated heterocycles. The lowest BCUT2D eigenvalue weighted by Crippen LogP contribution is -2.40. The second-order valence-corrected chi connectivity index (χ2v) is 6.31. The molecule has 0 bridgehead atoms. The smallest absolute Gasteiger partial charge is 0.354 e. The molecule has 0 aromatic heterocycles. The summed E-state index contributed by atoms with van der Waals surface area (Å²) in [6.07, 6.45) is -3.87. The van der Waals surface area contributed by atoms with Crippen molar-refractivity contribution < 1.29 is 22.8 Å². The van der Waals surface area contributed by atoms with Crippen LogP contribution in [0.15, 0.2) is 48.5 Å². The highest BCUT2D eigenvalue weighted by atomic mass is 35.5. The van der Waals surface area contributed by atoms with Gasteiger partial charge in [-0.25, -0.2) is 0 Å². The average molecular weight is 399 g/mol. The van der Waals surface area contributed by atoms with E-state index in [1.165, 1.54) is 19.1 Å². The Hall–Kier alpha value is -2.54. The van der Waals surface area contributed by atoms with E-state index in [-0.39, 0.29) is 12.2 Å². The van der Waals surface area contributed by atoms with E-state index in [0.29, 0.717) is 18.0 Å². The topological polar surface area (TPSA) is 49.4 Å². The van der Waals surface area contributed by atoms with Gasteiger partial charge in [-0.1, -0.05) is 23.7 Å². The summed E-state index contributed by atoms with van der Waals surface area (Å²) < 4.78 is 37.9. The monoisotopic (exact) mass is 398 g/mol. The molecule has 0 fully saturated rings. The highest BCUT2D eigenvalue weighted by Crippen LogP contribution is 2.30. The van der Waals surface area contributed by atoms with Gasteiger partial charge < -0.3 is 10.2 Å². The third kappa shape index (κ3) is 6.29. The first-order chi connectivity index (χ1) is 12.7. The van der Waals surface area contributed by atoms with Crippen LogP contribution in [0.4, 0.5) is 18.9 Å². The van der Waals surface area contributed by atoms with Crippen molar-refractivity contribution in [3.05, 3.63) is 64.7 Å². The van der Waals surface area contributed by atoms with Crippen molar-refractivity contribution in [2.45, 2.75) is 19.5 Å². The van der Waals surface area contributed by atoms with Gasteiger partial charge in [-0.2, -0.15) is 13.2 Å². The number of halogens is 4. The molecule has 4 nitrogen and oxygen atoms in total. The van der Waals surface area contributed by atoms with Gasteiger partial charge in [0.2, 0.25) is 11.8 Å². The van der Waals surface area contributed by atoms with Crippen LogP contribution in [0.3, 0.4) is 0 Å². The highest BCUT2D eigenvalue weighted by Gasteiger charge is 2.30. The molecule has 8 heteroatoms. The molecule has 144 valence electrons. The molecular weight excluding hydrogens is 381 g/mol. The summed E-state index contributed by atoms with van der Waals surface area (Å²) in [6, 6.07) is 11.3. The Kier molecular flexibility index (Phi) is 6.85. The van der Waals surface area contributed by atoms with Crippen LogP contribution in [0.25, 0.3) is 0 Å². The first-order valence-corrected chi connectivity index (χ1v) is 8.51. The zero-order valence-corrected chi connectivity index (χ0v) is 15.3. The maximum Gasteiger partial charge on any atom is 0.416 e. The molecule has 0 aliphatic carbocycles. The fraction of sp³-hybridized carbons (Fsp3) is 0.263. The van der Waals surface area contributed by atoms with Crippen molar-refractivity contribution in [3.63, 3.8) is 0 Å². The van der Waals surface area contributed by atoms with Crippen molar-refractivity contribution in [2.24, 2.45) is 0 Å². The van der Waals surface area contributed by atoms with E-state index in [1.807, 2.05) is 12.1 Å². The van der Waals surface area contributed by atoms with Gasteiger partial charge in [0.15, 0.2) is 0 Å². The van der Waals surface area contributed by atoms with Crippen LogP contribution in [0.5, 0.6) is 0 Å². The summed E-state index contributed by atoms with van der Waals surface area (Å²) >= 11 is 5.81. The zero-order valence-electron chi connectivity index (χ0n) is 14.5. The van der Waals surface area contributed by atoms with Gasteiger partial charge in [0.1, 0.15) is 6.54 Å². The number of hydrogen-bond donors (Lipinski definition) is 1. The number of amides is 2. The molecule has 0 atom stereocenters. The predicted molar refractivity (Wildman–Crippen MR) is 97.6 cm³/mol. The molecule has 0 spiro atoms. The van der Waals surface area contributed by atoms with E-state index in [0.717, 1.165) is 22.6 Å². The quantitative estimate of drug-likeness (QED) is 0.797. The van der Waals surface area contributed by atoms with Crippen LogP contribution >= 0.6 is 11.6 Å². The lowest BCUT2D eigenvalue weighted by Gasteiger charge is -2.21. The number of rotatable bonds is 6. The number of carbonyl (C=O) groups is 2. The van der Waals surface area contributed by atoms with Crippen LogP contribution in [-0.2, 0) is 22.2 Å². The molecule has 2 rings (SSSR count). The van der Waals surface area contributed by atoms with Gasteiger partial charge in [0.25, 0.3) is 0 Å². The van der Waals surface area contributed by atoms with Gasteiger partial charge >= 0.3 is 6.18 Å². The Morgan fingerprint density at radius 1 is 1.04 bits per heavy atom. The van der Waals surface area contributed by atoms with Crippen LogP contribution in [0, 0.1) is 0 Å².